The maximum Gasteiger partial charge on any atom is 0.356 e. The first-order chi connectivity index (χ1) is 8.40. The Morgan fingerprint density at radius 3 is 2.56 bits per heavy atom. The molecule has 0 bridgehead atoms. The topological polar surface area (TPSA) is 55.1 Å². The molecule has 1 aromatic heterocycles. The highest BCUT2D eigenvalue weighted by molar-refractivity contribution is 5.87. The van der Waals surface area contributed by atoms with Gasteiger partial charge in [-0.15, -0.1) is 0 Å². The Morgan fingerprint density at radius 1 is 1.33 bits per heavy atom. The fourth-order valence-electron chi connectivity index (χ4n) is 1.73. The summed E-state index contributed by atoms with van der Waals surface area (Å²) in [6.45, 7) is 1.63. The first kappa shape index (κ1) is 12.2. The summed E-state index contributed by atoms with van der Waals surface area (Å²) in [6.07, 6.45) is 0. The maximum absolute atomic E-state index is 13.7. The fourth-order valence-corrected chi connectivity index (χ4v) is 1.73. The van der Waals surface area contributed by atoms with Crippen molar-refractivity contribution in [1.29, 1.82) is 0 Å². The normalized spacial score (nSPS) is 10.7. The maximum atomic E-state index is 13.7. The quantitative estimate of drug-likeness (QED) is 0.892. The van der Waals surface area contributed by atoms with Crippen molar-refractivity contribution in [2.75, 3.05) is 0 Å². The van der Waals surface area contributed by atoms with Crippen molar-refractivity contribution in [3.63, 3.8) is 0 Å². The standard InChI is InChI=1S/C12H10F2N2O2/c1-6-3-7(11(14)8(13)4-6)10-5-9(12(17)18)15-16(10)2/h3-5H,1-2H3,(H,17,18). The molecule has 1 N–H and O–H groups in total. The second-order valence-corrected chi connectivity index (χ2v) is 3.95. The molecular weight excluding hydrogens is 242 g/mol. The molecule has 4 nitrogen and oxygen atoms in total. The van der Waals surface area contributed by atoms with Crippen molar-refractivity contribution in [2.24, 2.45) is 7.05 Å². The Morgan fingerprint density at radius 2 is 2.00 bits per heavy atom. The van der Waals surface area contributed by atoms with Crippen LogP contribution >= 0.6 is 0 Å². The van der Waals surface area contributed by atoms with E-state index in [1.54, 1.807) is 6.92 Å². The van der Waals surface area contributed by atoms with Gasteiger partial charge in [-0.05, 0) is 30.7 Å². The predicted molar refractivity (Wildman–Crippen MR) is 60.3 cm³/mol. The second kappa shape index (κ2) is 4.21. The molecule has 0 spiro atoms. The minimum Gasteiger partial charge on any atom is -0.476 e. The van der Waals surface area contributed by atoms with Crippen LogP contribution in [0.25, 0.3) is 11.3 Å². The number of benzene rings is 1. The zero-order valence-electron chi connectivity index (χ0n) is 9.74. The van der Waals surface area contributed by atoms with Gasteiger partial charge in [0.05, 0.1) is 5.69 Å². The van der Waals surface area contributed by atoms with Gasteiger partial charge in [-0.2, -0.15) is 5.10 Å². The zero-order valence-corrected chi connectivity index (χ0v) is 9.74. The van der Waals surface area contributed by atoms with Gasteiger partial charge in [0.15, 0.2) is 17.3 Å². The molecule has 0 amide bonds. The summed E-state index contributed by atoms with van der Waals surface area (Å²) in [6, 6.07) is 3.73. The average Bonchev–Trinajstić information content (AvgIpc) is 2.66. The van der Waals surface area contributed by atoms with Crippen molar-refractivity contribution >= 4 is 5.97 Å². The highest BCUT2D eigenvalue weighted by atomic mass is 19.2. The van der Waals surface area contributed by atoms with E-state index in [0.29, 0.717) is 5.56 Å². The van der Waals surface area contributed by atoms with Gasteiger partial charge in [0, 0.05) is 12.6 Å². The summed E-state index contributed by atoms with van der Waals surface area (Å²) in [7, 11) is 1.47. The van der Waals surface area contributed by atoms with Gasteiger partial charge in [0.1, 0.15) is 0 Å². The third-order valence-electron chi connectivity index (χ3n) is 2.55. The van der Waals surface area contributed by atoms with E-state index in [4.69, 9.17) is 5.11 Å². The largest absolute Gasteiger partial charge is 0.476 e. The van der Waals surface area contributed by atoms with E-state index in [9.17, 15) is 13.6 Å². The van der Waals surface area contributed by atoms with Gasteiger partial charge in [0.25, 0.3) is 0 Å². The smallest absolute Gasteiger partial charge is 0.356 e. The molecule has 1 heterocycles. The minimum atomic E-state index is -1.22. The first-order valence-corrected chi connectivity index (χ1v) is 5.13. The van der Waals surface area contributed by atoms with Crippen molar-refractivity contribution in [1.82, 2.24) is 9.78 Å². The van der Waals surface area contributed by atoms with Crippen LogP contribution in [0.15, 0.2) is 18.2 Å². The number of hydrogen-bond acceptors (Lipinski definition) is 2. The highest BCUT2D eigenvalue weighted by Crippen LogP contribution is 2.26. The Balaban J connectivity index is 2.65. The number of aryl methyl sites for hydroxylation is 2. The molecule has 0 atom stereocenters. The van der Waals surface area contributed by atoms with Crippen LogP contribution in [0.2, 0.25) is 0 Å². The van der Waals surface area contributed by atoms with Crippen molar-refractivity contribution in [3.05, 3.63) is 41.1 Å². The van der Waals surface area contributed by atoms with E-state index >= 15 is 0 Å². The van der Waals surface area contributed by atoms with Crippen LogP contribution in [0.3, 0.4) is 0 Å². The lowest BCUT2D eigenvalue weighted by Crippen LogP contribution is -2.00. The van der Waals surface area contributed by atoms with Crippen LogP contribution in [0.1, 0.15) is 16.1 Å². The summed E-state index contributed by atoms with van der Waals surface area (Å²) in [5.74, 6) is -3.20. The van der Waals surface area contributed by atoms with E-state index in [-0.39, 0.29) is 17.0 Å². The summed E-state index contributed by atoms with van der Waals surface area (Å²) in [5, 5.41) is 12.5. The lowest BCUT2D eigenvalue weighted by atomic mass is 10.1. The summed E-state index contributed by atoms with van der Waals surface area (Å²) in [4.78, 5) is 10.8. The van der Waals surface area contributed by atoms with Crippen LogP contribution in [-0.2, 0) is 7.05 Å². The number of carboxylic acids is 1. The lowest BCUT2D eigenvalue weighted by Gasteiger charge is -2.05. The predicted octanol–water partition coefficient (Wildman–Crippen LogP) is 2.37. The van der Waals surface area contributed by atoms with E-state index in [2.05, 4.69) is 5.10 Å². The molecule has 2 aromatic rings. The van der Waals surface area contributed by atoms with Gasteiger partial charge in [0.2, 0.25) is 0 Å². The van der Waals surface area contributed by atoms with Crippen molar-refractivity contribution in [3.8, 4) is 11.3 Å². The minimum absolute atomic E-state index is 0.00463. The molecule has 6 heteroatoms. The molecule has 2 rings (SSSR count). The van der Waals surface area contributed by atoms with E-state index in [1.165, 1.54) is 23.9 Å². The number of aromatic carboxylic acids is 1. The van der Waals surface area contributed by atoms with Crippen LogP contribution in [0.4, 0.5) is 8.78 Å². The van der Waals surface area contributed by atoms with Crippen molar-refractivity contribution in [2.45, 2.75) is 6.92 Å². The number of aromatic nitrogens is 2. The molecule has 0 saturated carbocycles. The molecular formula is C12H10F2N2O2. The van der Waals surface area contributed by atoms with E-state index in [0.717, 1.165) is 6.07 Å². The Bertz CT molecular complexity index is 635. The number of halogens is 2. The molecule has 1 aromatic carbocycles. The van der Waals surface area contributed by atoms with Gasteiger partial charge >= 0.3 is 5.97 Å². The number of carbonyl (C=O) groups is 1. The molecule has 18 heavy (non-hydrogen) atoms. The van der Waals surface area contributed by atoms with Gasteiger partial charge in [-0.3, -0.25) is 4.68 Å². The van der Waals surface area contributed by atoms with Crippen molar-refractivity contribution < 1.29 is 18.7 Å². The van der Waals surface area contributed by atoms with Crippen LogP contribution in [0.5, 0.6) is 0 Å². The summed E-state index contributed by atoms with van der Waals surface area (Å²) in [5.41, 5.74) is 0.540. The molecule has 0 unspecified atom stereocenters. The molecule has 94 valence electrons. The molecule has 0 saturated heterocycles. The van der Waals surface area contributed by atoms with Gasteiger partial charge in [-0.25, -0.2) is 13.6 Å². The SMILES string of the molecule is Cc1cc(F)c(F)c(-c2cc(C(=O)O)nn2C)c1. The van der Waals surface area contributed by atoms with E-state index in [1.807, 2.05) is 0 Å². The molecule has 0 aliphatic heterocycles. The highest BCUT2D eigenvalue weighted by Gasteiger charge is 2.17. The number of hydrogen-bond donors (Lipinski definition) is 1. The monoisotopic (exact) mass is 252 g/mol. The molecule has 0 fully saturated rings. The molecule has 0 radical (unpaired) electrons. The van der Waals surface area contributed by atoms with Crippen LogP contribution in [-0.4, -0.2) is 20.9 Å². The Kier molecular flexibility index (Phi) is 2.86. The Hall–Kier alpha value is -2.24. The zero-order chi connectivity index (χ0) is 13.4. The third-order valence-corrected chi connectivity index (χ3v) is 2.55. The van der Waals surface area contributed by atoms with Gasteiger partial charge in [-0.1, -0.05) is 0 Å². The first-order valence-electron chi connectivity index (χ1n) is 5.13. The van der Waals surface area contributed by atoms with Crippen LogP contribution in [0, 0.1) is 18.6 Å². The van der Waals surface area contributed by atoms with Gasteiger partial charge < -0.3 is 5.11 Å². The number of carboxylic acid groups (broad SMARTS) is 1. The average molecular weight is 252 g/mol. The van der Waals surface area contributed by atoms with E-state index < -0.39 is 17.6 Å². The number of rotatable bonds is 2. The van der Waals surface area contributed by atoms with Crippen LogP contribution < -0.4 is 0 Å². The third kappa shape index (κ3) is 1.97. The fraction of sp³-hybridized carbons (Fsp3) is 0.167. The Labute approximate surface area is 101 Å². The summed E-state index contributed by atoms with van der Waals surface area (Å²) >= 11 is 0. The molecule has 0 aliphatic rings. The number of nitrogens with zero attached hydrogens (tertiary/aromatic N) is 2. The molecule has 0 aliphatic carbocycles. The lowest BCUT2D eigenvalue weighted by molar-refractivity contribution is 0.0689. The summed E-state index contributed by atoms with van der Waals surface area (Å²) < 4.78 is 28.2. The second-order valence-electron chi connectivity index (χ2n) is 3.95.